The van der Waals surface area contributed by atoms with Crippen molar-refractivity contribution in [1.82, 2.24) is 14.8 Å². The van der Waals surface area contributed by atoms with Crippen LogP contribution in [-0.4, -0.2) is 44.7 Å². The van der Waals surface area contributed by atoms with Crippen LogP contribution in [0.2, 0.25) is 0 Å². The van der Waals surface area contributed by atoms with Gasteiger partial charge >= 0.3 is 12.1 Å². The molecule has 11 heteroatoms. The number of nitrogens with zero attached hydrogens (tertiary/aromatic N) is 4. The van der Waals surface area contributed by atoms with Crippen LogP contribution >= 0.6 is 11.3 Å². The normalized spacial score (nSPS) is 15.9. The predicted molar refractivity (Wildman–Crippen MR) is 91.0 cm³/mol. The fraction of sp³-hybridized carbons (Fsp3) is 0.500. The Morgan fingerprint density at radius 1 is 1.33 bits per heavy atom. The summed E-state index contributed by atoms with van der Waals surface area (Å²) in [5, 5.41) is 14.5. The molecule has 146 valence electrons. The Balaban J connectivity index is 1.58. The molecule has 3 heterocycles. The van der Waals surface area contributed by atoms with Crippen molar-refractivity contribution < 1.29 is 27.9 Å². The Bertz CT molecular complexity index is 853. The predicted octanol–water partition coefficient (Wildman–Crippen LogP) is 2.85. The highest BCUT2D eigenvalue weighted by molar-refractivity contribution is 7.13. The van der Waals surface area contributed by atoms with Crippen LogP contribution < -0.4 is 4.90 Å². The fourth-order valence-corrected chi connectivity index (χ4v) is 3.84. The molecule has 0 spiro atoms. The molecule has 0 bridgehead atoms. The van der Waals surface area contributed by atoms with E-state index in [1.807, 2.05) is 4.90 Å². The van der Waals surface area contributed by atoms with E-state index in [0.29, 0.717) is 31.1 Å². The summed E-state index contributed by atoms with van der Waals surface area (Å²) in [6.07, 6.45) is -3.46. The third-order valence-electron chi connectivity index (χ3n) is 4.51. The van der Waals surface area contributed by atoms with Gasteiger partial charge in [0.25, 0.3) is 0 Å². The smallest absolute Gasteiger partial charge is 0.435 e. The third kappa shape index (κ3) is 4.29. The summed E-state index contributed by atoms with van der Waals surface area (Å²) >= 11 is 1.23. The lowest BCUT2D eigenvalue weighted by Gasteiger charge is -2.31. The van der Waals surface area contributed by atoms with E-state index < -0.39 is 17.8 Å². The number of alkyl halides is 3. The molecule has 7 nitrogen and oxygen atoms in total. The Kier molecular flexibility index (Phi) is 5.22. The van der Waals surface area contributed by atoms with Gasteiger partial charge in [-0.2, -0.15) is 18.3 Å². The minimum atomic E-state index is -4.53. The summed E-state index contributed by atoms with van der Waals surface area (Å²) in [7, 11) is 0. The number of thiazole rings is 1. The molecule has 0 unspecified atom stereocenters. The zero-order valence-corrected chi connectivity index (χ0v) is 15.2. The maximum absolute atomic E-state index is 12.7. The number of aromatic carboxylic acids is 1. The van der Waals surface area contributed by atoms with E-state index in [4.69, 9.17) is 5.11 Å². The Hall–Kier alpha value is -2.43. The number of hydrogen-bond donors (Lipinski definition) is 1. The number of carboxylic acids is 1. The molecule has 27 heavy (non-hydrogen) atoms. The van der Waals surface area contributed by atoms with Crippen molar-refractivity contribution in [2.24, 2.45) is 5.92 Å². The molecule has 2 aromatic heterocycles. The van der Waals surface area contributed by atoms with Gasteiger partial charge in [0.05, 0.1) is 0 Å². The number of anilines is 1. The molecule has 1 aliphatic heterocycles. The van der Waals surface area contributed by atoms with Crippen LogP contribution in [0.15, 0.2) is 11.4 Å². The van der Waals surface area contributed by atoms with Crippen molar-refractivity contribution in [3.63, 3.8) is 0 Å². The van der Waals surface area contributed by atoms with Crippen molar-refractivity contribution in [2.45, 2.75) is 32.5 Å². The molecule has 0 saturated carbocycles. The quantitative estimate of drug-likeness (QED) is 0.828. The molecular formula is C16H17F3N4O3S. The number of aryl methyl sites for hydroxylation is 1. The number of piperidine rings is 1. The summed E-state index contributed by atoms with van der Waals surface area (Å²) in [5.74, 6) is -1.51. The van der Waals surface area contributed by atoms with E-state index in [9.17, 15) is 22.8 Å². The van der Waals surface area contributed by atoms with Crippen LogP contribution in [0.25, 0.3) is 0 Å². The summed E-state index contributed by atoms with van der Waals surface area (Å²) in [4.78, 5) is 29.3. The molecule has 1 saturated heterocycles. The Labute approximate surface area is 156 Å². The molecule has 0 atom stereocenters. The number of carbonyl (C=O) groups is 2. The number of halogens is 3. The first-order valence-electron chi connectivity index (χ1n) is 8.23. The van der Waals surface area contributed by atoms with Gasteiger partial charge in [0.1, 0.15) is 6.54 Å². The minimum Gasteiger partial charge on any atom is -0.476 e. The molecule has 1 aliphatic rings. The number of ketones is 1. The maximum Gasteiger partial charge on any atom is 0.435 e. The fourth-order valence-electron chi connectivity index (χ4n) is 2.99. The summed E-state index contributed by atoms with van der Waals surface area (Å²) in [6.45, 7) is 2.37. The highest BCUT2D eigenvalue weighted by Crippen LogP contribution is 2.29. The maximum atomic E-state index is 12.7. The highest BCUT2D eigenvalue weighted by atomic mass is 32.1. The summed E-state index contributed by atoms with van der Waals surface area (Å²) in [6, 6.07) is 0.929. The molecule has 0 aliphatic carbocycles. The monoisotopic (exact) mass is 402 g/mol. The van der Waals surface area contributed by atoms with E-state index in [1.165, 1.54) is 23.6 Å². The topological polar surface area (TPSA) is 88.3 Å². The number of carboxylic acid groups (broad SMARTS) is 1. The van der Waals surface area contributed by atoms with Crippen LogP contribution in [0.4, 0.5) is 18.3 Å². The first kappa shape index (κ1) is 19.3. The van der Waals surface area contributed by atoms with Crippen LogP contribution in [0.3, 0.4) is 0 Å². The van der Waals surface area contributed by atoms with Gasteiger partial charge in [0, 0.05) is 30.1 Å². The lowest BCUT2D eigenvalue weighted by Crippen LogP contribution is -2.37. The summed E-state index contributed by atoms with van der Waals surface area (Å²) < 4.78 is 39.3. The Morgan fingerprint density at radius 3 is 2.52 bits per heavy atom. The van der Waals surface area contributed by atoms with Crippen molar-refractivity contribution in [3.05, 3.63) is 28.5 Å². The van der Waals surface area contributed by atoms with Crippen LogP contribution in [-0.2, 0) is 17.5 Å². The zero-order chi connectivity index (χ0) is 19.8. The third-order valence-corrected chi connectivity index (χ3v) is 5.41. The number of aromatic nitrogens is 3. The van der Waals surface area contributed by atoms with E-state index >= 15 is 0 Å². The SMILES string of the molecule is Cc1cc(C(F)(F)F)nn1CC(=O)C1CCN(c2nc(C(=O)O)cs2)CC1. The van der Waals surface area contributed by atoms with Crippen molar-refractivity contribution in [3.8, 4) is 0 Å². The van der Waals surface area contributed by atoms with Gasteiger partial charge in [-0.15, -0.1) is 11.3 Å². The van der Waals surface area contributed by atoms with Gasteiger partial charge in [-0.1, -0.05) is 0 Å². The molecule has 0 amide bonds. The van der Waals surface area contributed by atoms with Crippen LogP contribution in [0, 0.1) is 12.8 Å². The molecular weight excluding hydrogens is 385 g/mol. The van der Waals surface area contributed by atoms with Crippen molar-refractivity contribution >= 4 is 28.2 Å². The largest absolute Gasteiger partial charge is 0.476 e. The number of hydrogen-bond acceptors (Lipinski definition) is 6. The zero-order valence-electron chi connectivity index (χ0n) is 14.4. The second kappa shape index (κ2) is 7.29. The average molecular weight is 402 g/mol. The van der Waals surface area contributed by atoms with E-state index in [0.717, 1.165) is 10.7 Å². The molecule has 3 rings (SSSR count). The summed E-state index contributed by atoms with van der Waals surface area (Å²) in [5.41, 5.74) is -0.722. The van der Waals surface area contributed by atoms with Crippen LogP contribution in [0.1, 0.15) is 34.7 Å². The van der Waals surface area contributed by atoms with Gasteiger partial charge in [-0.3, -0.25) is 9.48 Å². The molecule has 0 aromatic carbocycles. The second-order valence-corrected chi connectivity index (χ2v) is 7.21. The van der Waals surface area contributed by atoms with Crippen molar-refractivity contribution in [1.29, 1.82) is 0 Å². The number of carbonyl (C=O) groups excluding carboxylic acids is 1. The van der Waals surface area contributed by atoms with E-state index in [1.54, 1.807) is 0 Å². The van der Waals surface area contributed by atoms with E-state index in [2.05, 4.69) is 10.1 Å². The lowest BCUT2D eigenvalue weighted by molar-refractivity contribution is -0.141. The minimum absolute atomic E-state index is 0.0113. The van der Waals surface area contributed by atoms with Crippen LogP contribution in [0.5, 0.6) is 0 Å². The lowest BCUT2D eigenvalue weighted by atomic mass is 9.92. The first-order valence-corrected chi connectivity index (χ1v) is 9.11. The average Bonchev–Trinajstić information content (AvgIpc) is 3.22. The van der Waals surface area contributed by atoms with Gasteiger partial charge in [-0.25, -0.2) is 9.78 Å². The highest BCUT2D eigenvalue weighted by Gasteiger charge is 2.35. The van der Waals surface area contributed by atoms with Gasteiger partial charge in [0.15, 0.2) is 22.3 Å². The Morgan fingerprint density at radius 2 is 2.00 bits per heavy atom. The number of Topliss-reactive ketones (excluding diaryl/α,β-unsaturated/α-hetero) is 1. The standard InChI is InChI=1S/C16H17F3N4O3S/c1-9-6-13(16(17,18)19)21-23(9)7-12(24)10-2-4-22(5-3-10)15-20-11(8-27-15)14(25)26/h6,8,10H,2-5,7H2,1H3,(H,25,26). The first-order chi connectivity index (χ1) is 12.6. The van der Waals surface area contributed by atoms with E-state index in [-0.39, 0.29) is 29.6 Å². The molecule has 1 fully saturated rings. The molecule has 0 radical (unpaired) electrons. The molecule has 1 N–H and O–H groups in total. The van der Waals surface area contributed by atoms with Gasteiger partial charge in [-0.05, 0) is 25.8 Å². The van der Waals surface area contributed by atoms with Crippen molar-refractivity contribution in [2.75, 3.05) is 18.0 Å². The second-order valence-electron chi connectivity index (χ2n) is 6.37. The van der Waals surface area contributed by atoms with Gasteiger partial charge in [0.2, 0.25) is 0 Å². The van der Waals surface area contributed by atoms with Gasteiger partial charge < -0.3 is 10.0 Å². The molecule has 2 aromatic rings. The number of rotatable bonds is 5.